The van der Waals surface area contributed by atoms with Crippen molar-refractivity contribution in [2.75, 3.05) is 13.1 Å². The minimum Gasteiger partial charge on any atom is -0.441 e. The molecule has 2 N–H and O–H groups in total. The Kier molecular flexibility index (Phi) is 7.03. The molecule has 4 rings (SSSR count). The summed E-state index contributed by atoms with van der Waals surface area (Å²) in [4.78, 5) is 28.6. The number of carbonyl (C=O) groups is 2. The number of hydrogen-bond donors (Lipinski definition) is 2. The number of aryl methyl sites for hydroxylation is 1. The number of hydrazine groups is 1. The molecule has 1 saturated heterocycles. The molecule has 178 valence electrons. The zero-order valence-corrected chi connectivity index (χ0v) is 19.0. The van der Waals surface area contributed by atoms with Crippen LogP contribution in [0.15, 0.2) is 64.0 Å². The molecule has 0 spiro atoms. The van der Waals surface area contributed by atoms with Crippen LogP contribution in [-0.4, -0.2) is 42.6 Å². The number of aromatic nitrogens is 1. The molecule has 0 aliphatic carbocycles. The van der Waals surface area contributed by atoms with Gasteiger partial charge in [0, 0.05) is 37.1 Å². The van der Waals surface area contributed by atoms with E-state index in [4.69, 9.17) is 4.42 Å². The van der Waals surface area contributed by atoms with Gasteiger partial charge in [-0.1, -0.05) is 0 Å². The summed E-state index contributed by atoms with van der Waals surface area (Å²) in [6.07, 6.45) is 3.38. The van der Waals surface area contributed by atoms with Crippen LogP contribution in [0.2, 0.25) is 0 Å². The van der Waals surface area contributed by atoms with Crippen LogP contribution in [0, 0.1) is 5.82 Å². The number of nitrogens with zero attached hydrogens (tertiary/aromatic N) is 2. The van der Waals surface area contributed by atoms with E-state index in [2.05, 4.69) is 15.8 Å². The van der Waals surface area contributed by atoms with Crippen molar-refractivity contribution in [2.24, 2.45) is 0 Å². The summed E-state index contributed by atoms with van der Waals surface area (Å²) in [5, 5.41) is 0. The SMILES string of the molecule is O=C(CCc1ncc(-c2ccc(F)cc2)o1)NNC(=O)c1ccc(S(=O)(=O)N2CCCC2)cc1. The molecule has 0 atom stereocenters. The maximum absolute atomic E-state index is 13.0. The first-order valence-corrected chi connectivity index (χ1v) is 12.2. The lowest BCUT2D eigenvalue weighted by molar-refractivity contribution is -0.121. The van der Waals surface area contributed by atoms with E-state index in [1.165, 1.54) is 46.9 Å². The molecule has 3 aromatic rings. The number of carbonyl (C=O) groups excluding carboxylic acids is 2. The highest BCUT2D eigenvalue weighted by molar-refractivity contribution is 7.89. The quantitative estimate of drug-likeness (QED) is 0.495. The van der Waals surface area contributed by atoms with Gasteiger partial charge < -0.3 is 4.42 Å². The van der Waals surface area contributed by atoms with Crippen LogP contribution in [0.4, 0.5) is 4.39 Å². The monoisotopic (exact) mass is 486 g/mol. The van der Waals surface area contributed by atoms with E-state index in [9.17, 15) is 22.4 Å². The third kappa shape index (κ3) is 5.49. The topological polar surface area (TPSA) is 122 Å². The summed E-state index contributed by atoms with van der Waals surface area (Å²) in [5.74, 6) is -0.601. The number of hydrogen-bond acceptors (Lipinski definition) is 6. The molecule has 1 fully saturated rings. The van der Waals surface area contributed by atoms with E-state index >= 15 is 0 Å². The van der Waals surface area contributed by atoms with Crippen LogP contribution in [0.25, 0.3) is 11.3 Å². The third-order valence-corrected chi connectivity index (χ3v) is 7.30. The van der Waals surface area contributed by atoms with Crippen molar-refractivity contribution < 1.29 is 26.8 Å². The van der Waals surface area contributed by atoms with Gasteiger partial charge in [-0.3, -0.25) is 20.4 Å². The zero-order chi connectivity index (χ0) is 24.1. The Bertz CT molecular complexity index is 1270. The van der Waals surface area contributed by atoms with Gasteiger partial charge in [-0.05, 0) is 61.4 Å². The smallest absolute Gasteiger partial charge is 0.269 e. The lowest BCUT2D eigenvalue weighted by Crippen LogP contribution is -2.41. The van der Waals surface area contributed by atoms with Gasteiger partial charge in [0.25, 0.3) is 5.91 Å². The first-order chi connectivity index (χ1) is 16.3. The van der Waals surface area contributed by atoms with Gasteiger partial charge in [0.05, 0.1) is 11.1 Å². The van der Waals surface area contributed by atoms with Crippen molar-refractivity contribution >= 4 is 21.8 Å². The molecule has 1 aromatic heterocycles. The third-order valence-electron chi connectivity index (χ3n) is 5.38. The Hall–Kier alpha value is -3.57. The first-order valence-electron chi connectivity index (χ1n) is 10.7. The van der Waals surface area contributed by atoms with E-state index in [0.717, 1.165) is 12.8 Å². The highest BCUT2D eigenvalue weighted by atomic mass is 32.2. The van der Waals surface area contributed by atoms with Crippen molar-refractivity contribution in [3.8, 4) is 11.3 Å². The molecule has 1 aliphatic rings. The van der Waals surface area contributed by atoms with E-state index in [0.29, 0.717) is 30.3 Å². The molecule has 0 saturated carbocycles. The fraction of sp³-hybridized carbons (Fsp3) is 0.261. The minimum atomic E-state index is -3.56. The molecule has 0 bridgehead atoms. The molecule has 11 heteroatoms. The van der Waals surface area contributed by atoms with Crippen molar-refractivity contribution in [1.29, 1.82) is 0 Å². The number of halogens is 1. The van der Waals surface area contributed by atoms with E-state index < -0.39 is 21.8 Å². The highest BCUT2D eigenvalue weighted by Crippen LogP contribution is 2.22. The lowest BCUT2D eigenvalue weighted by atomic mass is 10.2. The molecule has 1 aliphatic heterocycles. The molecule has 2 heterocycles. The van der Waals surface area contributed by atoms with Gasteiger partial charge >= 0.3 is 0 Å². The van der Waals surface area contributed by atoms with Crippen molar-refractivity contribution in [3.63, 3.8) is 0 Å². The summed E-state index contributed by atoms with van der Waals surface area (Å²) in [6.45, 7) is 0.995. The second kappa shape index (κ2) is 10.1. The number of oxazole rings is 1. The molecule has 9 nitrogen and oxygen atoms in total. The van der Waals surface area contributed by atoms with Gasteiger partial charge in [0.1, 0.15) is 5.82 Å². The van der Waals surface area contributed by atoms with Gasteiger partial charge in [0.15, 0.2) is 11.7 Å². The van der Waals surface area contributed by atoms with Gasteiger partial charge in [0.2, 0.25) is 15.9 Å². The first kappa shape index (κ1) is 23.6. The molecule has 0 unspecified atom stereocenters. The second-order valence-corrected chi connectivity index (χ2v) is 9.70. The zero-order valence-electron chi connectivity index (χ0n) is 18.2. The Morgan fingerprint density at radius 3 is 2.35 bits per heavy atom. The van der Waals surface area contributed by atoms with Crippen LogP contribution < -0.4 is 10.9 Å². The van der Waals surface area contributed by atoms with Gasteiger partial charge in [-0.15, -0.1) is 0 Å². The average Bonchev–Trinajstić information content (AvgIpc) is 3.55. The Labute approximate surface area is 196 Å². The van der Waals surface area contributed by atoms with Crippen LogP contribution in [0.3, 0.4) is 0 Å². The Morgan fingerprint density at radius 1 is 1.00 bits per heavy atom. The fourth-order valence-electron chi connectivity index (χ4n) is 3.51. The highest BCUT2D eigenvalue weighted by Gasteiger charge is 2.27. The van der Waals surface area contributed by atoms with E-state index in [1.54, 1.807) is 12.1 Å². The fourth-order valence-corrected chi connectivity index (χ4v) is 5.03. The predicted molar refractivity (Wildman–Crippen MR) is 120 cm³/mol. The summed E-state index contributed by atoms with van der Waals surface area (Å²) >= 11 is 0. The molecular weight excluding hydrogens is 463 g/mol. The van der Waals surface area contributed by atoms with Gasteiger partial charge in [-0.25, -0.2) is 17.8 Å². The number of sulfonamides is 1. The number of rotatable bonds is 7. The lowest BCUT2D eigenvalue weighted by Gasteiger charge is -2.15. The molecule has 2 amide bonds. The largest absolute Gasteiger partial charge is 0.441 e. The maximum atomic E-state index is 13.0. The molecular formula is C23H23FN4O5S. The Morgan fingerprint density at radius 2 is 1.68 bits per heavy atom. The summed E-state index contributed by atoms with van der Waals surface area (Å²) in [5.41, 5.74) is 5.48. The number of nitrogens with one attached hydrogen (secondary N) is 2. The minimum absolute atomic E-state index is 0.0106. The van der Waals surface area contributed by atoms with Gasteiger partial charge in [-0.2, -0.15) is 4.31 Å². The van der Waals surface area contributed by atoms with E-state index in [1.807, 2.05) is 0 Å². The van der Waals surface area contributed by atoms with E-state index in [-0.39, 0.29) is 29.1 Å². The van der Waals surface area contributed by atoms with Crippen molar-refractivity contribution in [2.45, 2.75) is 30.6 Å². The average molecular weight is 487 g/mol. The normalized spacial score (nSPS) is 14.1. The van der Waals surface area contributed by atoms with Crippen LogP contribution in [-0.2, 0) is 21.2 Å². The number of amides is 2. The van der Waals surface area contributed by atoms with Crippen molar-refractivity contribution in [1.82, 2.24) is 20.1 Å². The second-order valence-electron chi connectivity index (χ2n) is 7.76. The van der Waals surface area contributed by atoms with Crippen LogP contribution in [0.5, 0.6) is 0 Å². The van der Waals surface area contributed by atoms with Crippen LogP contribution >= 0.6 is 0 Å². The molecule has 0 radical (unpaired) electrons. The number of benzene rings is 2. The summed E-state index contributed by atoms with van der Waals surface area (Å²) < 4.78 is 45.1. The summed E-state index contributed by atoms with van der Waals surface area (Å²) in [7, 11) is -3.56. The van der Waals surface area contributed by atoms with Crippen LogP contribution in [0.1, 0.15) is 35.5 Å². The molecule has 2 aromatic carbocycles. The summed E-state index contributed by atoms with van der Waals surface area (Å²) in [6, 6.07) is 11.3. The maximum Gasteiger partial charge on any atom is 0.269 e. The Balaban J connectivity index is 1.25. The standard InChI is InChI=1S/C23H23FN4O5S/c24-18-7-3-16(4-8-18)20-15-25-22(33-20)12-11-21(29)26-27-23(30)17-5-9-19(10-6-17)34(31,32)28-13-1-2-14-28/h3-10,15H,1-2,11-14H2,(H,26,29)(H,27,30). The molecule has 34 heavy (non-hydrogen) atoms. The van der Waals surface area contributed by atoms with Crippen molar-refractivity contribution in [3.05, 3.63) is 72.0 Å². The predicted octanol–water partition coefficient (Wildman–Crippen LogP) is 2.66.